The van der Waals surface area contributed by atoms with Crippen LogP contribution in [0.3, 0.4) is 0 Å². The summed E-state index contributed by atoms with van der Waals surface area (Å²) < 4.78 is 0. The van der Waals surface area contributed by atoms with Crippen molar-refractivity contribution in [3.63, 3.8) is 0 Å². The van der Waals surface area contributed by atoms with Crippen LogP contribution >= 0.6 is 23.4 Å². The molecule has 2 aromatic rings. The number of anilines is 1. The Hall–Kier alpha value is -1.65. The number of carboxylic acid groups (broad SMARTS) is 1. The zero-order chi connectivity index (χ0) is 14.5. The maximum Gasteiger partial charge on any atom is 0.337 e. The Balaban J connectivity index is 2.29. The van der Waals surface area contributed by atoms with Gasteiger partial charge < -0.3 is 10.4 Å². The average Bonchev–Trinajstić information content (AvgIpc) is 2.45. The minimum Gasteiger partial charge on any atom is -0.478 e. The number of carbonyl (C=O) groups is 1. The Morgan fingerprint density at radius 2 is 2.00 bits per heavy atom. The number of carboxylic acids is 1. The largest absolute Gasteiger partial charge is 0.478 e. The van der Waals surface area contributed by atoms with Crippen LogP contribution in [0.15, 0.2) is 48.5 Å². The first-order chi connectivity index (χ1) is 9.61. The van der Waals surface area contributed by atoms with E-state index < -0.39 is 5.97 Å². The van der Waals surface area contributed by atoms with Crippen molar-refractivity contribution in [3.05, 3.63) is 64.7 Å². The fraction of sp³-hybridized carbons (Fsp3) is 0.133. The van der Waals surface area contributed by atoms with Crippen molar-refractivity contribution >= 4 is 35.0 Å². The van der Waals surface area contributed by atoms with Gasteiger partial charge in [-0.05, 0) is 36.1 Å². The maximum absolute atomic E-state index is 11.2. The monoisotopic (exact) mass is 307 g/mol. The molecule has 2 N–H and O–H groups in total. The van der Waals surface area contributed by atoms with E-state index in [0.29, 0.717) is 10.7 Å². The minimum atomic E-state index is -0.945. The number of hydrogen-bond donors (Lipinski definition) is 2. The Kier molecular flexibility index (Phi) is 4.93. The Bertz CT molecular complexity index is 618. The lowest BCUT2D eigenvalue weighted by Crippen LogP contribution is -2.10. The molecule has 20 heavy (non-hydrogen) atoms. The third kappa shape index (κ3) is 3.46. The molecule has 0 aromatic heterocycles. The molecule has 0 heterocycles. The van der Waals surface area contributed by atoms with Gasteiger partial charge in [-0.2, -0.15) is 0 Å². The smallest absolute Gasteiger partial charge is 0.337 e. The van der Waals surface area contributed by atoms with Crippen LogP contribution in [0.5, 0.6) is 0 Å². The molecule has 0 aliphatic carbocycles. The van der Waals surface area contributed by atoms with E-state index in [4.69, 9.17) is 11.6 Å². The highest BCUT2D eigenvalue weighted by Crippen LogP contribution is 2.31. The summed E-state index contributed by atoms with van der Waals surface area (Å²) in [6.07, 6.45) is 1.96. The fourth-order valence-electron chi connectivity index (χ4n) is 1.88. The lowest BCUT2D eigenvalue weighted by molar-refractivity contribution is 0.0698. The Morgan fingerprint density at radius 3 is 2.65 bits per heavy atom. The van der Waals surface area contributed by atoms with E-state index in [1.807, 2.05) is 36.6 Å². The van der Waals surface area contributed by atoms with Crippen LogP contribution in [0.4, 0.5) is 5.69 Å². The zero-order valence-electron chi connectivity index (χ0n) is 10.8. The number of rotatable bonds is 5. The highest BCUT2D eigenvalue weighted by atomic mass is 35.5. The van der Waals surface area contributed by atoms with Crippen LogP contribution in [0.25, 0.3) is 0 Å². The summed E-state index contributed by atoms with van der Waals surface area (Å²) >= 11 is 7.58. The van der Waals surface area contributed by atoms with Gasteiger partial charge in [0.05, 0.1) is 10.9 Å². The first-order valence-corrected chi connectivity index (χ1v) is 7.65. The SMILES string of the molecule is CSC(Nc1ccccc1C(=O)O)c1cccc(Cl)c1. The molecule has 0 amide bonds. The number of aromatic carboxylic acids is 1. The van der Waals surface area contributed by atoms with Crippen molar-refractivity contribution in [1.82, 2.24) is 0 Å². The van der Waals surface area contributed by atoms with Gasteiger partial charge in [0.25, 0.3) is 0 Å². The summed E-state index contributed by atoms with van der Waals surface area (Å²) in [5.74, 6) is -0.945. The minimum absolute atomic E-state index is 0.0609. The molecule has 2 rings (SSSR count). The molecule has 104 valence electrons. The summed E-state index contributed by atoms with van der Waals surface area (Å²) in [4.78, 5) is 11.2. The van der Waals surface area contributed by atoms with Gasteiger partial charge in [0.1, 0.15) is 0 Å². The summed E-state index contributed by atoms with van der Waals surface area (Å²) in [5.41, 5.74) is 1.86. The highest BCUT2D eigenvalue weighted by molar-refractivity contribution is 7.98. The van der Waals surface area contributed by atoms with Crippen LogP contribution in [-0.2, 0) is 0 Å². The van der Waals surface area contributed by atoms with Gasteiger partial charge in [0.2, 0.25) is 0 Å². The normalized spacial score (nSPS) is 11.9. The Labute approximate surface area is 127 Å². The van der Waals surface area contributed by atoms with Crippen molar-refractivity contribution in [2.45, 2.75) is 5.37 Å². The van der Waals surface area contributed by atoms with Gasteiger partial charge in [-0.3, -0.25) is 0 Å². The molecule has 0 spiro atoms. The average molecular weight is 308 g/mol. The van der Waals surface area contributed by atoms with Gasteiger partial charge in [-0.1, -0.05) is 35.9 Å². The van der Waals surface area contributed by atoms with Gasteiger partial charge in [-0.25, -0.2) is 4.79 Å². The molecule has 0 saturated heterocycles. The number of nitrogens with one attached hydrogen (secondary N) is 1. The molecular weight excluding hydrogens is 294 g/mol. The van der Waals surface area contributed by atoms with Gasteiger partial charge >= 0.3 is 5.97 Å². The predicted octanol–water partition coefficient (Wildman–Crippen LogP) is 4.51. The molecule has 2 aromatic carbocycles. The van der Waals surface area contributed by atoms with Crippen LogP contribution < -0.4 is 5.32 Å². The molecule has 0 aliphatic heterocycles. The molecule has 0 aliphatic rings. The number of para-hydroxylation sites is 1. The van der Waals surface area contributed by atoms with Crippen LogP contribution in [0.1, 0.15) is 21.3 Å². The van der Waals surface area contributed by atoms with E-state index in [1.165, 1.54) is 0 Å². The molecule has 0 radical (unpaired) electrons. The van der Waals surface area contributed by atoms with E-state index in [-0.39, 0.29) is 10.9 Å². The fourth-order valence-corrected chi connectivity index (χ4v) is 2.75. The first kappa shape index (κ1) is 14.8. The second-order valence-electron chi connectivity index (χ2n) is 4.17. The molecule has 0 fully saturated rings. The third-order valence-electron chi connectivity index (χ3n) is 2.83. The maximum atomic E-state index is 11.2. The number of hydrogen-bond acceptors (Lipinski definition) is 3. The molecule has 3 nitrogen and oxygen atoms in total. The molecule has 1 unspecified atom stereocenters. The molecule has 0 saturated carbocycles. The standard InChI is InChI=1S/C15H14ClNO2S/c1-20-14(10-5-4-6-11(16)9-10)17-13-8-3-2-7-12(13)15(18)19/h2-9,14,17H,1H3,(H,18,19). The van der Waals surface area contributed by atoms with E-state index in [1.54, 1.807) is 30.0 Å². The molecular formula is C15H14ClNO2S. The van der Waals surface area contributed by atoms with Crippen LogP contribution in [0.2, 0.25) is 5.02 Å². The van der Waals surface area contributed by atoms with Gasteiger partial charge in [0, 0.05) is 10.7 Å². The van der Waals surface area contributed by atoms with Crippen molar-refractivity contribution in [3.8, 4) is 0 Å². The summed E-state index contributed by atoms with van der Waals surface area (Å²) in [5, 5.41) is 13.0. The first-order valence-electron chi connectivity index (χ1n) is 5.99. The molecule has 1 atom stereocenters. The quantitative estimate of drug-likeness (QED) is 0.798. The van der Waals surface area contributed by atoms with Crippen LogP contribution in [0, 0.1) is 0 Å². The summed E-state index contributed by atoms with van der Waals surface area (Å²) in [6.45, 7) is 0. The second-order valence-corrected chi connectivity index (χ2v) is 5.55. The van der Waals surface area contributed by atoms with E-state index >= 15 is 0 Å². The predicted molar refractivity (Wildman–Crippen MR) is 84.7 cm³/mol. The van der Waals surface area contributed by atoms with E-state index in [0.717, 1.165) is 5.56 Å². The highest BCUT2D eigenvalue weighted by Gasteiger charge is 2.14. The number of thioether (sulfide) groups is 1. The Morgan fingerprint density at radius 1 is 1.25 bits per heavy atom. The van der Waals surface area contributed by atoms with Crippen molar-refractivity contribution in [1.29, 1.82) is 0 Å². The van der Waals surface area contributed by atoms with E-state index in [2.05, 4.69) is 5.32 Å². The topological polar surface area (TPSA) is 49.3 Å². The van der Waals surface area contributed by atoms with Gasteiger partial charge in [0.15, 0.2) is 0 Å². The number of halogens is 1. The lowest BCUT2D eigenvalue weighted by Gasteiger charge is -2.19. The summed E-state index contributed by atoms with van der Waals surface area (Å²) in [7, 11) is 0. The molecule has 0 bridgehead atoms. The van der Waals surface area contributed by atoms with E-state index in [9.17, 15) is 9.90 Å². The van der Waals surface area contributed by atoms with Crippen molar-refractivity contribution < 1.29 is 9.90 Å². The summed E-state index contributed by atoms with van der Waals surface area (Å²) in [6, 6.07) is 14.4. The number of benzene rings is 2. The van der Waals surface area contributed by atoms with Gasteiger partial charge in [-0.15, -0.1) is 11.8 Å². The molecule has 5 heteroatoms. The lowest BCUT2D eigenvalue weighted by atomic mass is 10.1. The van der Waals surface area contributed by atoms with Crippen molar-refractivity contribution in [2.75, 3.05) is 11.6 Å². The van der Waals surface area contributed by atoms with Crippen molar-refractivity contribution in [2.24, 2.45) is 0 Å². The second kappa shape index (κ2) is 6.68. The van der Waals surface area contributed by atoms with Crippen LogP contribution in [-0.4, -0.2) is 17.3 Å². The third-order valence-corrected chi connectivity index (χ3v) is 3.93. The zero-order valence-corrected chi connectivity index (χ0v) is 12.4.